The lowest BCUT2D eigenvalue weighted by Crippen LogP contribution is -2.45. The summed E-state index contributed by atoms with van der Waals surface area (Å²) in [4.78, 5) is 22.7. The van der Waals surface area contributed by atoms with E-state index in [1.54, 1.807) is 0 Å². The number of benzene rings is 1. The average Bonchev–Trinajstić information content (AvgIpc) is 3.14. The summed E-state index contributed by atoms with van der Waals surface area (Å²) in [6, 6.07) is 5.39. The molecule has 3 rings (SSSR count). The molecule has 0 radical (unpaired) electrons. The van der Waals surface area contributed by atoms with E-state index in [9.17, 15) is 23.3 Å². The Morgan fingerprint density at radius 3 is 2.68 bits per heavy atom. The van der Waals surface area contributed by atoms with Crippen LogP contribution in [0.1, 0.15) is 25.7 Å². The van der Waals surface area contributed by atoms with Crippen molar-refractivity contribution in [3.8, 4) is 0 Å². The first-order valence-electron chi connectivity index (χ1n) is 8.25. The second kappa shape index (κ2) is 6.62. The van der Waals surface area contributed by atoms with Crippen LogP contribution in [0.25, 0.3) is 0 Å². The van der Waals surface area contributed by atoms with Gasteiger partial charge < -0.3 is 5.32 Å². The molecule has 3 atom stereocenters. The number of carbonyl (C=O) groups is 1. The molecule has 2 aliphatic rings. The largest absolute Gasteiger partial charge is 0.352 e. The number of nitro benzene ring substituents is 1. The van der Waals surface area contributed by atoms with Crippen LogP contribution in [0.5, 0.6) is 0 Å². The average molecular weight is 367 g/mol. The number of nitro groups is 1. The zero-order valence-corrected chi connectivity index (χ0v) is 14.7. The third-order valence-electron chi connectivity index (χ3n) is 5.10. The van der Waals surface area contributed by atoms with Gasteiger partial charge in [0.15, 0.2) is 0 Å². The monoisotopic (exact) mass is 367 g/mol. The maximum atomic E-state index is 12.4. The zero-order valence-electron chi connectivity index (χ0n) is 13.9. The lowest BCUT2D eigenvalue weighted by Gasteiger charge is -2.26. The van der Waals surface area contributed by atoms with Crippen LogP contribution in [0.15, 0.2) is 24.3 Å². The van der Waals surface area contributed by atoms with Gasteiger partial charge in [-0.05, 0) is 37.2 Å². The van der Waals surface area contributed by atoms with Gasteiger partial charge in [0.2, 0.25) is 15.9 Å². The molecule has 2 fully saturated rings. The van der Waals surface area contributed by atoms with Gasteiger partial charge in [-0.25, -0.2) is 8.42 Å². The maximum Gasteiger partial charge on any atom is 0.271 e. The van der Waals surface area contributed by atoms with E-state index in [1.165, 1.54) is 24.6 Å². The Labute approximate surface area is 146 Å². The number of anilines is 1. The highest BCUT2D eigenvalue weighted by Gasteiger charge is 2.40. The molecule has 0 aliphatic heterocycles. The zero-order chi connectivity index (χ0) is 18.2. The van der Waals surface area contributed by atoms with Crippen molar-refractivity contribution in [3.05, 3.63) is 34.4 Å². The van der Waals surface area contributed by atoms with Gasteiger partial charge in [0.05, 0.1) is 16.9 Å². The molecule has 1 aromatic carbocycles. The summed E-state index contributed by atoms with van der Waals surface area (Å²) >= 11 is 0. The highest BCUT2D eigenvalue weighted by Crippen LogP contribution is 2.44. The van der Waals surface area contributed by atoms with E-state index in [0.29, 0.717) is 11.8 Å². The number of amides is 1. The fourth-order valence-corrected chi connectivity index (χ4v) is 4.81. The van der Waals surface area contributed by atoms with E-state index < -0.39 is 14.9 Å². The van der Waals surface area contributed by atoms with Crippen molar-refractivity contribution >= 4 is 27.3 Å². The Morgan fingerprint density at radius 1 is 1.36 bits per heavy atom. The standard InChI is InChI=1S/C16H21N3O5S/c1-25(23,24)18(13-3-2-4-14(9-13)19(21)22)10-16(20)17-15-8-11-5-6-12(15)7-11/h2-4,9,11-12,15H,5-8,10H2,1H3,(H,17,20)/t11-,12-,15-/m0/s1. The molecule has 0 unspecified atom stereocenters. The Morgan fingerprint density at radius 2 is 2.12 bits per heavy atom. The Hall–Kier alpha value is -2.16. The Bertz CT molecular complexity index is 795. The van der Waals surface area contributed by atoms with E-state index in [4.69, 9.17) is 0 Å². The summed E-state index contributed by atoms with van der Waals surface area (Å²) in [6.45, 7) is -0.381. The van der Waals surface area contributed by atoms with E-state index in [2.05, 4.69) is 5.32 Å². The maximum absolute atomic E-state index is 12.4. The highest BCUT2D eigenvalue weighted by molar-refractivity contribution is 7.92. The molecule has 136 valence electrons. The van der Waals surface area contributed by atoms with E-state index in [0.717, 1.165) is 35.9 Å². The fourth-order valence-electron chi connectivity index (χ4n) is 3.97. The van der Waals surface area contributed by atoms with E-state index >= 15 is 0 Å². The molecule has 9 heteroatoms. The number of rotatable bonds is 6. The SMILES string of the molecule is CS(=O)(=O)N(CC(=O)N[C@H]1C[C@H]2CC[C@H]1C2)c1cccc([N+](=O)[O-])c1. The van der Waals surface area contributed by atoms with Crippen molar-refractivity contribution in [3.63, 3.8) is 0 Å². The van der Waals surface area contributed by atoms with Gasteiger partial charge in [0, 0.05) is 18.2 Å². The fraction of sp³-hybridized carbons (Fsp3) is 0.562. The number of nitrogens with one attached hydrogen (secondary N) is 1. The first kappa shape index (κ1) is 17.7. The van der Waals surface area contributed by atoms with Gasteiger partial charge in [0.25, 0.3) is 5.69 Å². The molecule has 0 spiro atoms. The number of hydrogen-bond acceptors (Lipinski definition) is 5. The number of non-ortho nitro benzene ring substituents is 1. The molecule has 2 bridgehead atoms. The van der Waals surface area contributed by atoms with Gasteiger partial charge in [-0.15, -0.1) is 0 Å². The third kappa shape index (κ3) is 3.92. The van der Waals surface area contributed by atoms with Crippen LogP contribution in [-0.2, 0) is 14.8 Å². The van der Waals surface area contributed by atoms with E-state index in [1.807, 2.05) is 0 Å². The summed E-state index contributed by atoms with van der Waals surface area (Å²) in [7, 11) is -3.75. The second-order valence-corrected chi connectivity index (χ2v) is 8.80. The molecule has 2 saturated carbocycles. The van der Waals surface area contributed by atoms with Crippen LogP contribution in [0.4, 0.5) is 11.4 Å². The van der Waals surface area contributed by atoms with Gasteiger partial charge in [0.1, 0.15) is 6.54 Å². The predicted molar refractivity (Wildman–Crippen MR) is 92.7 cm³/mol. The molecular formula is C16H21N3O5S. The third-order valence-corrected chi connectivity index (χ3v) is 6.24. The summed E-state index contributed by atoms with van der Waals surface area (Å²) in [5.74, 6) is 0.769. The van der Waals surface area contributed by atoms with Gasteiger partial charge >= 0.3 is 0 Å². The molecular weight excluding hydrogens is 346 g/mol. The minimum atomic E-state index is -3.75. The molecule has 1 N–H and O–H groups in total. The lowest BCUT2D eigenvalue weighted by atomic mass is 9.95. The van der Waals surface area contributed by atoms with Crippen LogP contribution in [-0.4, -0.2) is 38.1 Å². The minimum absolute atomic E-state index is 0.109. The molecule has 0 heterocycles. The highest BCUT2D eigenvalue weighted by atomic mass is 32.2. The van der Waals surface area contributed by atoms with Crippen molar-refractivity contribution in [2.75, 3.05) is 17.1 Å². The lowest BCUT2D eigenvalue weighted by molar-refractivity contribution is -0.384. The topological polar surface area (TPSA) is 110 Å². The second-order valence-electron chi connectivity index (χ2n) is 6.90. The smallest absolute Gasteiger partial charge is 0.271 e. The summed E-state index contributed by atoms with van der Waals surface area (Å²) in [5.41, 5.74) is -0.112. The van der Waals surface area contributed by atoms with Crippen molar-refractivity contribution in [1.82, 2.24) is 5.32 Å². The molecule has 8 nitrogen and oxygen atoms in total. The van der Waals surface area contributed by atoms with Gasteiger partial charge in [-0.2, -0.15) is 0 Å². The van der Waals surface area contributed by atoms with Crippen molar-refractivity contribution in [1.29, 1.82) is 0 Å². The molecule has 1 amide bonds. The summed E-state index contributed by atoms with van der Waals surface area (Å²) in [6.07, 6.45) is 5.38. The number of nitrogens with zero attached hydrogens (tertiary/aromatic N) is 2. The Kier molecular flexibility index (Phi) is 4.68. The van der Waals surface area contributed by atoms with Crippen LogP contribution in [0, 0.1) is 22.0 Å². The van der Waals surface area contributed by atoms with Gasteiger partial charge in [-0.1, -0.05) is 12.5 Å². The first-order valence-corrected chi connectivity index (χ1v) is 10.1. The van der Waals surface area contributed by atoms with Gasteiger partial charge in [-0.3, -0.25) is 19.2 Å². The van der Waals surface area contributed by atoms with Crippen LogP contribution in [0.2, 0.25) is 0 Å². The van der Waals surface area contributed by atoms with Crippen LogP contribution >= 0.6 is 0 Å². The van der Waals surface area contributed by atoms with Crippen LogP contribution in [0.3, 0.4) is 0 Å². The van der Waals surface area contributed by atoms with Crippen molar-refractivity contribution in [2.24, 2.45) is 11.8 Å². The number of fused-ring (bicyclic) bond motifs is 2. The number of hydrogen-bond donors (Lipinski definition) is 1. The number of sulfonamides is 1. The van der Waals surface area contributed by atoms with Crippen molar-refractivity contribution < 1.29 is 18.1 Å². The van der Waals surface area contributed by atoms with Crippen molar-refractivity contribution in [2.45, 2.75) is 31.7 Å². The minimum Gasteiger partial charge on any atom is -0.352 e. The molecule has 1 aromatic rings. The molecule has 2 aliphatic carbocycles. The number of carbonyl (C=O) groups excluding carboxylic acids is 1. The predicted octanol–water partition coefficient (Wildman–Crippen LogP) is 1.67. The molecule has 0 saturated heterocycles. The molecule has 25 heavy (non-hydrogen) atoms. The van der Waals surface area contributed by atoms with Crippen LogP contribution < -0.4 is 9.62 Å². The normalized spacial score (nSPS) is 24.9. The summed E-state index contributed by atoms with van der Waals surface area (Å²) < 4.78 is 25.1. The quantitative estimate of drug-likeness (QED) is 0.607. The Balaban J connectivity index is 1.74. The first-order chi connectivity index (χ1) is 11.7. The molecule has 0 aromatic heterocycles. The summed E-state index contributed by atoms with van der Waals surface area (Å²) in [5, 5.41) is 13.9. The van der Waals surface area contributed by atoms with E-state index in [-0.39, 0.29) is 29.9 Å².